The third-order valence-corrected chi connectivity index (χ3v) is 9.26. The molecule has 2 atom stereocenters. The van der Waals surface area contributed by atoms with Gasteiger partial charge in [0.15, 0.2) is 0 Å². The van der Waals surface area contributed by atoms with Gasteiger partial charge in [-0.25, -0.2) is 0 Å². The van der Waals surface area contributed by atoms with E-state index in [1.807, 2.05) is 18.2 Å². The first-order chi connectivity index (χ1) is 22.6. The van der Waals surface area contributed by atoms with E-state index in [-0.39, 0.29) is 6.04 Å². The van der Waals surface area contributed by atoms with Crippen LogP contribution in [0.1, 0.15) is 30.5 Å². The molecule has 0 amide bonds. The van der Waals surface area contributed by atoms with Gasteiger partial charge in [0.25, 0.3) is 0 Å². The first-order valence-corrected chi connectivity index (χ1v) is 16.0. The van der Waals surface area contributed by atoms with Gasteiger partial charge in [0, 0.05) is 28.2 Å². The summed E-state index contributed by atoms with van der Waals surface area (Å²) in [6.07, 6.45) is 3.20. The van der Waals surface area contributed by atoms with Crippen LogP contribution in [0.3, 0.4) is 0 Å². The molecule has 2 aliphatic rings. The second-order valence-corrected chi connectivity index (χ2v) is 12.3. The summed E-state index contributed by atoms with van der Waals surface area (Å²) in [6, 6.07) is 51.4. The van der Waals surface area contributed by atoms with E-state index in [1.54, 1.807) is 0 Å². The fourth-order valence-electron chi connectivity index (χ4n) is 7.11. The normalized spacial score (nSPS) is 17.4. The molecule has 6 aromatic carbocycles. The molecule has 1 saturated heterocycles. The minimum atomic E-state index is -0.126. The predicted molar refractivity (Wildman–Crippen MR) is 193 cm³/mol. The van der Waals surface area contributed by atoms with Gasteiger partial charge in [0.2, 0.25) is 0 Å². The Morgan fingerprint density at radius 3 is 2.07 bits per heavy atom. The van der Waals surface area contributed by atoms with Crippen molar-refractivity contribution in [3.05, 3.63) is 174 Å². The topological polar surface area (TPSA) is 47.9 Å². The van der Waals surface area contributed by atoms with Crippen LogP contribution in [0.15, 0.2) is 163 Å². The number of rotatable bonds is 6. The number of allylic oxidation sites excluding steroid dienone is 3. The van der Waals surface area contributed by atoms with E-state index < -0.39 is 0 Å². The van der Waals surface area contributed by atoms with Crippen molar-refractivity contribution < 1.29 is 0 Å². The molecule has 1 fully saturated rings. The van der Waals surface area contributed by atoms with Gasteiger partial charge in [-0.2, -0.15) is 0 Å². The molecule has 1 heterocycles. The number of para-hydroxylation sites is 1. The molecule has 0 bridgehead atoms. The number of hydrogen-bond acceptors (Lipinski definition) is 3. The highest BCUT2D eigenvalue weighted by Gasteiger charge is 2.35. The first-order valence-electron chi connectivity index (χ1n) is 16.0. The third kappa shape index (κ3) is 5.00. The van der Waals surface area contributed by atoms with Crippen molar-refractivity contribution in [2.24, 2.45) is 5.92 Å². The van der Waals surface area contributed by atoms with Crippen molar-refractivity contribution in [1.29, 1.82) is 5.41 Å². The van der Waals surface area contributed by atoms with Gasteiger partial charge in [-0.05, 0) is 74.7 Å². The van der Waals surface area contributed by atoms with E-state index in [9.17, 15) is 0 Å². The van der Waals surface area contributed by atoms with Crippen LogP contribution in [0.5, 0.6) is 0 Å². The Hall–Kier alpha value is -5.67. The molecule has 0 spiro atoms. The molecule has 0 aromatic heterocycles. The van der Waals surface area contributed by atoms with Gasteiger partial charge in [-0.15, -0.1) is 0 Å². The molecule has 1 unspecified atom stereocenters. The Bertz CT molecular complexity index is 2160. The molecule has 222 valence electrons. The summed E-state index contributed by atoms with van der Waals surface area (Å²) in [5, 5.41) is 19.0. The lowest BCUT2D eigenvalue weighted by molar-refractivity contribution is 0.725. The first kappa shape index (κ1) is 27.8. The van der Waals surface area contributed by atoms with Crippen molar-refractivity contribution in [1.82, 2.24) is 5.32 Å². The van der Waals surface area contributed by atoms with Gasteiger partial charge in [0.1, 0.15) is 0 Å². The molecule has 3 heteroatoms. The maximum absolute atomic E-state index is 9.05. The molecule has 6 aromatic rings. The van der Waals surface area contributed by atoms with Crippen molar-refractivity contribution in [3.63, 3.8) is 0 Å². The van der Waals surface area contributed by atoms with E-state index in [4.69, 9.17) is 5.41 Å². The number of anilines is 2. The number of benzene rings is 6. The minimum absolute atomic E-state index is 0.126. The summed E-state index contributed by atoms with van der Waals surface area (Å²) in [7, 11) is 0. The fourth-order valence-corrected chi connectivity index (χ4v) is 7.11. The van der Waals surface area contributed by atoms with Crippen molar-refractivity contribution in [3.8, 4) is 22.3 Å². The van der Waals surface area contributed by atoms with Crippen LogP contribution < -0.4 is 10.6 Å². The molecule has 0 radical (unpaired) electrons. The summed E-state index contributed by atoms with van der Waals surface area (Å²) in [4.78, 5) is 0. The number of nitrogens with one attached hydrogen (secondary N) is 3. The Labute approximate surface area is 270 Å². The van der Waals surface area contributed by atoms with E-state index in [0.717, 1.165) is 34.6 Å². The van der Waals surface area contributed by atoms with E-state index >= 15 is 0 Å². The average molecular weight is 594 g/mol. The quantitative estimate of drug-likeness (QED) is 0.180. The Kier molecular flexibility index (Phi) is 7.07. The fraction of sp³-hybridized carbons (Fsp3) is 0.0930. The van der Waals surface area contributed by atoms with Gasteiger partial charge in [0.05, 0.1) is 11.8 Å². The molecule has 46 heavy (non-hydrogen) atoms. The molecule has 3 nitrogen and oxygen atoms in total. The summed E-state index contributed by atoms with van der Waals surface area (Å²) >= 11 is 0. The Morgan fingerprint density at radius 1 is 0.630 bits per heavy atom. The summed E-state index contributed by atoms with van der Waals surface area (Å²) in [5.74, 6) is 0.356. The molecule has 8 rings (SSSR count). The lowest BCUT2D eigenvalue weighted by Crippen LogP contribution is -2.17. The second-order valence-electron chi connectivity index (χ2n) is 12.3. The van der Waals surface area contributed by atoms with E-state index in [2.05, 4.69) is 151 Å². The lowest BCUT2D eigenvalue weighted by atomic mass is 9.85. The summed E-state index contributed by atoms with van der Waals surface area (Å²) < 4.78 is 0. The monoisotopic (exact) mass is 593 g/mol. The van der Waals surface area contributed by atoms with E-state index in [0.29, 0.717) is 11.6 Å². The maximum Gasteiger partial charge on any atom is 0.0939 e. The van der Waals surface area contributed by atoms with Crippen molar-refractivity contribution in [2.45, 2.75) is 19.4 Å². The molecular formula is C43H35N3. The lowest BCUT2D eigenvalue weighted by Gasteiger charge is -2.22. The minimum Gasteiger partial charge on any atom is -0.372 e. The zero-order chi connectivity index (χ0) is 31.0. The van der Waals surface area contributed by atoms with Crippen LogP contribution in [-0.2, 0) is 0 Å². The van der Waals surface area contributed by atoms with Gasteiger partial charge in [-0.3, -0.25) is 0 Å². The molecule has 0 saturated carbocycles. The summed E-state index contributed by atoms with van der Waals surface area (Å²) in [6.45, 7) is 2.25. The van der Waals surface area contributed by atoms with Gasteiger partial charge >= 0.3 is 0 Å². The SMILES string of the molecule is CC1C=C2C(=N)[C@@H](c3ccccc3)NC2=C(c2cccc(Nc3ccccc3-c3cccc4c(-c5ccccc5)cccc34)c2)C1. The van der Waals surface area contributed by atoms with Crippen LogP contribution in [-0.4, -0.2) is 5.71 Å². The smallest absolute Gasteiger partial charge is 0.0939 e. The van der Waals surface area contributed by atoms with E-state index in [1.165, 1.54) is 44.2 Å². The van der Waals surface area contributed by atoms with Crippen LogP contribution in [0.2, 0.25) is 0 Å². The highest BCUT2D eigenvalue weighted by atomic mass is 15.0. The molecular weight excluding hydrogens is 558 g/mol. The van der Waals surface area contributed by atoms with Crippen LogP contribution >= 0.6 is 0 Å². The second kappa shape index (κ2) is 11.7. The Morgan fingerprint density at radius 2 is 1.26 bits per heavy atom. The summed E-state index contributed by atoms with van der Waals surface area (Å²) in [5.41, 5.74) is 13.3. The average Bonchev–Trinajstić information content (AvgIpc) is 3.44. The number of hydrogen-bond donors (Lipinski definition) is 3. The zero-order valence-electron chi connectivity index (χ0n) is 25.8. The maximum atomic E-state index is 9.05. The highest BCUT2D eigenvalue weighted by Crippen LogP contribution is 2.43. The van der Waals surface area contributed by atoms with Gasteiger partial charge in [-0.1, -0.05) is 140 Å². The molecule has 1 aliphatic carbocycles. The largest absolute Gasteiger partial charge is 0.372 e. The molecule has 1 aliphatic heterocycles. The van der Waals surface area contributed by atoms with Crippen LogP contribution in [0.25, 0.3) is 38.6 Å². The van der Waals surface area contributed by atoms with Gasteiger partial charge < -0.3 is 16.0 Å². The number of fused-ring (bicyclic) bond motifs is 2. The predicted octanol–water partition coefficient (Wildman–Crippen LogP) is 11.0. The van der Waals surface area contributed by atoms with Crippen LogP contribution in [0, 0.1) is 11.3 Å². The van der Waals surface area contributed by atoms with Crippen LogP contribution in [0.4, 0.5) is 11.4 Å². The van der Waals surface area contributed by atoms with Crippen molar-refractivity contribution >= 4 is 33.4 Å². The standard InChI is InChI=1S/C43H35N3/c1-28-25-38(43-39(26-28)41(44)42(46-43)30-15-6-3-7-16-30)31-17-10-18-32(27-31)45-40-24-9-8-19-37(40)36-23-12-21-34-33(20-11-22-35(34)36)29-13-4-2-5-14-29/h2-24,26-28,42,44-46H,25H2,1H3/t28?,42-/m1/s1. The third-order valence-electron chi connectivity index (χ3n) is 9.26. The zero-order valence-corrected chi connectivity index (χ0v) is 25.8. The highest BCUT2D eigenvalue weighted by molar-refractivity contribution is 6.11. The van der Waals surface area contributed by atoms with Crippen molar-refractivity contribution in [2.75, 3.05) is 5.32 Å². The molecule has 3 N–H and O–H groups in total. The Balaban J connectivity index is 1.16.